The summed E-state index contributed by atoms with van der Waals surface area (Å²) in [7, 11) is 0. The van der Waals surface area contributed by atoms with Gasteiger partial charge < -0.3 is 9.47 Å². The number of ether oxygens (including phenoxy) is 2. The summed E-state index contributed by atoms with van der Waals surface area (Å²) in [6.07, 6.45) is -2.33. The van der Waals surface area contributed by atoms with Crippen LogP contribution in [0.2, 0.25) is 0 Å². The second-order valence-electron chi connectivity index (χ2n) is 5.03. The second-order valence-corrected chi connectivity index (χ2v) is 5.03. The molecule has 0 aromatic carbocycles. The van der Waals surface area contributed by atoms with Crippen molar-refractivity contribution in [2.24, 2.45) is 0 Å². The van der Waals surface area contributed by atoms with Crippen LogP contribution < -0.4 is 0 Å². The zero-order chi connectivity index (χ0) is 15.1. The molecule has 0 aromatic rings. The third kappa shape index (κ3) is 6.35. The van der Waals surface area contributed by atoms with Crippen molar-refractivity contribution in [1.29, 1.82) is 0 Å². The molecular formula is C13H21F5O2. The summed E-state index contributed by atoms with van der Waals surface area (Å²) in [5.41, 5.74) is 0. The minimum Gasteiger partial charge on any atom is -0.353 e. The van der Waals surface area contributed by atoms with E-state index >= 15 is 0 Å². The molecule has 0 aromatic heterocycles. The summed E-state index contributed by atoms with van der Waals surface area (Å²) >= 11 is 0. The molecule has 0 amide bonds. The molecule has 0 N–H and O–H groups in total. The van der Waals surface area contributed by atoms with Crippen LogP contribution >= 0.6 is 0 Å². The fourth-order valence-corrected chi connectivity index (χ4v) is 2.02. The van der Waals surface area contributed by atoms with Crippen LogP contribution in [-0.2, 0) is 9.47 Å². The lowest BCUT2D eigenvalue weighted by Crippen LogP contribution is -2.36. The number of alkyl halides is 5. The van der Waals surface area contributed by atoms with Gasteiger partial charge in [0.2, 0.25) is 0 Å². The molecule has 1 unspecified atom stereocenters. The van der Waals surface area contributed by atoms with Crippen molar-refractivity contribution >= 4 is 0 Å². The van der Waals surface area contributed by atoms with Gasteiger partial charge in [0, 0.05) is 26.1 Å². The zero-order valence-electron chi connectivity index (χ0n) is 11.4. The Balaban J connectivity index is 1.92. The average molecular weight is 304 g/mol. The first-order valence-electron chi connectivity index (χ1n) is 7.01. The van der Waals surface area contributed by atoms with Crippen molar-refractivity contribution in [3.8, 4) is 0 Å². The highest BCUT2D eigenvalue weighted by atomic mass is 19.4. The molecule has 1 aliphatic heterocycles. The highest BCUT2D eigenvalue weighted by Gasteiger charge is 2.56. The van der Waals surface area contributed by atoms with Crippen LogP contribution in [0.3, 0.4) is 0 Å². The minimum absolute atomic E-state index is 0.112. The van der Waals surface area contributed by atoms with Crippen molar-refractivity contribution in [2.45, 2.75) is 69.8 Å². The van der Waals surface area contributed by atoms with Crippen molar-refractivity contribution in [3.63, 3.8) is 0 Å². The van der Waals surface area contributed by atoms with Crippen LogP contribution in [0.5, 0.6) is 0 Å². The summed E-state index contributed by atoms with van der Waals surface area (Å²) in [6, 6.07) is 0. The first kappa shape index (κ1) is 17.6. The molecule has 0 radical (unpaired) electrons. The Morgan fingerprint density at radius 3 is 2.20 bits per heavy atom. The highest BCUT2D eigenvalue weighted by molar-refractivity contribution is 4.75. The quantitative estimate of drug-likeness (QED) is 0.455. The Hall–Kier alpha value is -0.430. The number of hydrogen-bond donors (Lipinski definition) is 0. The van der Waals surface area contributed by atoms with Crippen LogP contribution in [0, 0.1) is 0 Å². The number of rotatable bonds is 9. The van der Waals surface area contributed by atoms with Gasteiger partial charge in [-0.25, -0.2) is 0 Å². The molecule has 1 aliphatic rings. The first-order valence-corrected chi connectivity index (χ1v) is 7.01. The Kier molecular flexibility index (Phi) is 7.15. The summed E-state index contributed by atoms with van der Waals surface area (Å²) in [4.78, 5) is 0. The molecular weight excluding hydrogens is 283 g/mol. The van der Waals surface area contributed by atoms with Gasteiger partial charge in [-0.15, -0.1) is 0 Å². The van der Waals surface area contributed by atoms with Gasteiger partial charge in [-0.05, 0) is 19.3 Å². The van der Waals surface area contributed by atoms with Crippen LogP contribution in [0.1, 0.15) is 51.4 Å². The number of unbranched alkanes of at least 4 members (excludes halogenated alkanes) is 4. The number of hydrogen-bond acceptors (Lipinski definition) is 2. The predicted octanol–water partition coefficient (Wildman–Crippen LogP) is 4.68. The smallest absolute Gasteiger partial charge is 0.353 e. The molecule has 1 rings (SSSR count). The molecule has 0 aliphatic carbocycles. The van der Waals surface area contributed by atoms with E-state index < -0.39 is 18.5 Å². The van der Waals surface area contributed by atoms with E-state index in [9.17, 15) is 22.0 Å². The standard InChI is InChI=1S/C13H21F5O2/c14-12(15,13(16,17)18)8-4-2-1-3-5-9-19-11-7-6-10-20-11/h11H,1-10H2. The lowest BCUT2D eigenvalue weighted by Gasteiger charge is -2.19. The monoisotopic (exact) mass is 304 g/mol. The largest absolute Gasteiger partial charge is 0.453 e. The second kappa shape index (κ2) is 8.12. The summed E-state index contributed by atoms with van der Waals surface area (Å²) in [5, 5.41) is 0. The highest BCUT2D eigenvalue weighted by Crippen LogP contribution is 2.39. The molecule has 120 valence electrons. The van der Waals surface area contributed by atoms with Crippen LogP contribution in [0.4, 0.5) is 22.0 Å². The van der Waals surface area contributed by atoms with Crippen LogP contribution in [0.25, 0.3) is 0 Å². The van der Waals surface area contributed by atoms with E-state index in [1.165, 1.54) is 0 Å². The van der Waals surface area contributed by atoms with E-state index in [1.807, 2.05) is 0 Å². The molecule has 0 bridgehead atoms. The summed E-state index contributed by atoms with van der Waals surface area (Å²) < 4.78 is 71.5. The van der Waals surface area contributed by atoms with Gasteiger partial charge in [0.05, 0.1) is 0 Å². The predicted molar refractivity (Wildman–Crippen MR) is 63.6 cm³/mol. The first-order chi connectivity index (χ1) is 9.33. The molecule has 7 heteroatoms. The third-order valence-electron chi connectivity index (χ3n) is 3.24. The van der Waals surface area contributed by atoms with E-state index in [0.29, 0.717) is 19.4 Å². The van der Waals surface area contributed by atoms with E-state index in [0.717, 1.165) is 32.3 Å². The topological polar surface area (TPSA) is 18.5 Å². The van der Waals surface area contributed by atoms with Gasteiger partial charge in [0.1, 0.15) is 0 Å². The lowest BCUT2D eigenvalue weighted by atomic mass is 10.1. The van der Waals surface area contributed by atoms with E-state index in [1.54, 1.807) is 0 Å². The number of halogens is 5. The minimum atomic E-state index is -5.43. The molecule has 1 heterocycles. The lowest BCUT2D eigenvalue weighted by molar-refractivity contribution is -0.284. The van der Waals surface area contributed by atoms with Crippen molar-refractivity contribution < 1.29 is 31.4 Å². The average Bonchev–Trinajstić information content (AvgIpc) is 2.84. The Labute approximate surface area is 115 Å². The van der Waals surface area contributed by atoms with Gasteiger partial charge >= 0.3 is 12.1 Å². The molecule has 1 fully saturated rings. The van der Waals surface area contributed by atoms with Crippen molar-refractivity contribution in [1.82, 2.24) is 0 Å². The normalized spacial score (nSPS) is 20.6. The van der Waals surface area contributed by atoms with Crippen LogP contribution in [-0.4, -0.2) is 31.6 Å². The van der Waals surface area contributed by atoms with Crippen molar-refractivity contribution in [2.75, 3.05) is 13.2 Å². The van der Waals surface area contributed by atoms with Gasteiger partial charge in [-0.3, -0.25) is 0 Å². The van der Waals surface area contributed by atoms with Gasteiger partial charge in [0.15, 0.2) is 6.29 Å². The summed E-state index contributed by atoms with van der Waals surface area (Å²) in [6.45, 7) is 1.27. The fourth-order valence-electron chi connectivity index (χ4n) is 2.02. The third-order valence-corrected chi connectivity index (χ3v) is 3.24. The Bertz CT molecular complexity index is 262. The van der Waals surface area contributed by atoms with Gasteiger partial charge in [-0.1, -0.05) is 19.3 Å². The van der Waals surface area contributed by atoms with E-state index in [4.69, 9.17) is 9.47 Å². The maximum absolute atomic E-state index is 12.6. The molecule has 1 atom stereocenters. The molecule has 20 heavy (non-hydrogen) atoms. The molecule has 0 spiro atoms. The van der Waals surface area contributed by atoms with Gasteiger partial charge in [-0.2, -0.15) is 22.0 Å². The Morgan fingerprint density at radius 2 is 1.60 bits per heavy atom. The molecule has 0 saturated carbocycles. The Morgan fingerprint density at radius 1 is 0.950 bits per heavy atom. The molecule has 2 nitrogen and oxygen atoms in total. The fraction of sp³-hybridized carbons (Fsp3) is 1.00. The van der Waals surface area contributed by atoms with Crippen LogP contribution in [0.15, 0.2) is 0 Å². The maximum atomic E-state index is 12.6. The van der Waals surface area contributed by atoms with Crippen molar-refractivity contribution in [3.05, 3.63) is 0 Å². The van der Waals surface area contributed by atoms with Gasteiger partial charge in [0.25, 0.3) is 0 Å². The van der Waals surface area contributed by atoms with E-state index in [2.05, 4.69) is 0 Å². The molecule has 1 saturated heterocycles. The SMILES string of the molecule is FC(F)(F)C(F)(F)CCCCCCCOC1CCCO1. The summed E-state index contributed by atoms with van der Waals surface area (Å²) in [5.74, 6) is -4.56. The van der Waals surface area contributed by atoms with E-state index in [-0.39, 0.29) is 12.7 Å². The zero-order valence-corrected chi connectivity index (χ0v) is 11.4. The maximum Gasteiger partial charge on any atom is 0.453 e.